The molecule has 6 nitrogen and oxygen atoms in total. The summed E-state index contributed by atoms with van der Waals surface area (Å²) in [4.78, 5) is 26.6. The Morgan fingerprint density at radius 2 is 2.12 bits per heavy atom. The number of nitrogens with zero attached hydrogens (tertiary/aromatic N) is 2. The lowest BCUT2D eigenvalue weighted by molar-refractivity contribution is 0.134. The average molecular weight is 423 g/mol. The summed E-state index contributed by atoms with van der Waals surface area (Å²) < 4.78 is 25.0. The summed E-state index contributed by atoms with van der Waals surface area (Å²) in [5.41, 5.74) is 1.13. The monoisotopic (exact) mass is 422 g/mol. The molecule has 0 bridgehead atoms. The van der Waals surface area contributed by atoms with E-state index < -0.39 is 18.0 Å². The van der Waals surface area contributed by atoms with Gasteiger partial charge in [0.2, 0.25) is 0 Å². The summed E-state index contributed by atoms with van der Waals surface area (Å²) in [6.07, 6.45) is -1.12. The van der Waals surface area contributed by atoms with E-state index in [1.54, 1.807) is 44.4 Å². The van der Waals surface area contributed by atoms with E-state index in [1.165, 1.54) is 15.9 Å². The van der Waals surface area contributed by atoms with Gasteiger partial charge < -0.3 is 14.4 Å². The topological polar surface area (TPSA) is 59.1 Å². The van der Waals surface area contributed by atoms with Gasteiger partial charge in [-0.05, 0) is 34.1 Å². The highest BCUT2D eigenvalue weighted by molar-refractivity contribution is 9.10. The number of carbonyl (C=O) groups excluding carboxylic acids is 2. The predicted molar refractivity (Wildman–Crippen MR) is 95.5 cm³/mol. The van der Waals surface area contributed by atoms with E-state index in [1.807, 2.05) is 0 Å². The Morgan fingerprint density at radius 3 is 2.85 bits per heavy atom. The molecule has 0 saturated carbocycles. The minimum absolute atomic E-state index is 0.0842. The molecule has 1 heterocycles. The zero-order chi connectivity index (χ0) is 18.8. The van der Waals surface area contributed by atoms with Crippen LogP contribution < -0.4 is 9.47 Å². The van der Waals surface area contributed by atoms with Crippen LogP contribution in [-0.2, 0) is 13.1 Å². The van der Waals surface area contributed by atoms with Gasteiger partial charge >= 0.3 is 12.2 Å². The molecule has 0 aromatic heterocycles. The molecule has 3 rings (SSSR count). The van der Waals surface area contributed by atoms with E-state index in [0.29, 0.717) is 15.8 Å². The molecule has 0 aliphatic carbocycles. The number of benzene rings is 2. The van der Waals surface area contributed by atoms with Crippen molar-refractivity contribution < 1.29 is 23.5 Å². The minimum Gasteiger partial charge on any atom is -0.410 e. The summed E-state index contributed by atoms with van der Waals surface area (Å²) in [5.74, 6) is 0.198. The van der Waals surface area contributed by atoms with Gasteiger partial charge in [0, 0.05) is 31.3 Å². The number of hydrogen-bond donors (Lipinski definition) is 0. The number of hydrogen-bond acceptors (Lipinski definition) is 4. The molecular weight excluding hydrogens is 407 g/mol. The summed E-state index contributed by atoms with van der Waals surface area (Å²) in [5, 5.41) is 0. The number of amides is 2. The largest absolute Gasteiger partial charge is 0.415 e. The summed E-state index contributed by atoms with van der Waals surface area (Å²) in [6.45, 7) is 0.350. The van der Waals surface area contributed by atoms with Gasteiger partial charge in [-0.1, -0.05) is 12.1 Å². The van der Waals surface area contributed by atoms with Gasteiger partial charge in [-0.15, -0.1) is 0 Å². The van der Waals surface area contributed by atoms with Crippen molar-refractivity contribution in [2.24, 2.45) is 0 Å². The molecule has 0 spiro atoms. The van der Waals surface area contributed by atoms with Crippen LogP contribution in [0.5, 0.6) is 11.5 Å². The third kappa shape index (κ3) is 3.80. The second-order valence-corrected chi connectivity index (χ2v) is 6.82. The van der Waals surface area contributed by atoms with Crippen molar-refractivity contribution in [1.29, 1.82) is 0 Å². The van der Waals surface area contributed by atoms with Crippen molar-refractivity contribution in [2.75, 3.05) is 14.1 Å². The zero-order valence-electron chi connectivity index (χ0n) is 14.2. The summed E-state index contributed by atoms with van der Waals surface area (Å²) in [6, 6.07) is 9.75. The first-order valence-electron chi connectivity index (χ1n) is 7.77. The van der Waals surface area contributed by atoms with Gasteiger partial charge in [-0.25, -0.2) is 14.0 Å². The first kappa shape index (κ1) is 18.2. The maximum atomic E-state index is 14.1. The molecule has 0 radical (unpaired) electrons. The van der Waals surface area contributed by atoms with E-state index in [4.69, 9.17) is 9.47 Å². The molecule has 2 aromatic rings. The summed E-state index contributed by atoms with van der Waals surface area (Å²) >= 11 is 3.13. The SMILES string of the molecule is CN(C)C(=O)Oc1ccc2c(c1)OC(=O)N(Cc1cccc(Br)c1F)C2. The molecule has 2 aromatic carbocycles. The fraction of sp³-hybridized carbons (Fsp3) is 0.222. The highest BCUT2D eigenvalue weighted by atomic mass is 79.9. The van der Waals surface area contributed by atoms with Crippen molar-refractivity contribution in [1.82, 2.24) is 9.80 Å². The van der Waals surface area contributed by atoms with Crippen LogP contribution in [0.3, 0.4) is 0 Å². The highest BCUT2D eigenvalue weighted by Gasteiger charge is 2.26. The lowest BCUT2D eigenvalue weighted by Crippen LogP contribution is -2.36. The zero-order valence-corrected chi connectivity index (χ0v) is 15.7. The quantitative estimate of drug-likeness (QED) is 0.744. The van der Waals surface area contributed by atoms with Crippen LogP contribution in [0.4, 0.5) is 14.0 Å². The third-order valence-electron chi connectivity index (χ3n) is 3.82. The van der Waals surface area contributed by atoms with E-state index in [-0.39, 0.29) is 18.8 Å². The molecule has 26 heavy (non-hydrogen) atoms. The lowest BCUT2D eigenvalue weighted by atomic mass is 10.1. The lowest BCUT2D eigenvalue weighted by Gasteiger charge is -2.28. The van der Waals surface area contributed by atoms with Crippen molar-refractivity contribution in [3.8, 4) is 11.5 Å². The van der Waals surface area contributed by atoms with Crippen molar-refractivity contribution in [3.63, 3.8) is 0 Å². The number of fused-ring (bicyclic) bond motifs is 1. The van der Waals surface area contributed by atoms with Crippen LogP contribution in [0.15, 0.2) is 40.9 Å². The first-order chi connectivity index (χ1) is 12.3. The van der Waals surface area contributed by atoms with Crippen LogP contribution in [0.2, 0.25) is 0 Å². The molecule has 0 unspecified atom stereocenters. The number of halogens is 2. The van der Waals surface area contributed by atoms with Gasteiger partial charge in [0.15, 0.2) is 0 Å². The Balaban J connectivity index is 1.77. The molecular formula is C18H16BrFN2O4. The fourth-order valence-corrected chi connectivity index (χ4v) is 2.85. The van der Waals surface area contributed by atoms with Crippen LogP contribution in [0.25, 0.3) is 0 Å². The number of ether oxygens (including phenoxy) is 2. The van der Waals surface area contributed by atoms with Crippen LogP contribution in [-0.4, -0.2) is 36.1 Å². The Kier molecular flexibility index (Phi) is 5.13. The normalized spacial score (nSPS) is 13.1. The molecule has 1 aliphatic rings. The Morgan fingerprint density at radius 1 is 1.35 bits per heavy atom. The van der Waals surface area contributed by atoms with E-state index in [2.05, 4.69) is 15.9 Å². The predicted octanol–water partition coefficient (Wildman–Crippen LogP) is 4.16. The Hall–Kier alpha value is -2.61. The first-order valence-corrected chi connectivity index (χ1v) is 8.56. The molecule has 2 amide bonds. The second kappa shape index (κ2) is 7.33. The molecule has 0 fully saturated rings. The molecule has 0 saturated heterocycles. The van der Waals surface area contributed by atoms with Gasteiger partial charge in [0.25, 0.3) is 0 Å². The molecule has 136 valence electrons. The van der Waals surface area contributed by atoms with Crippen molar-refractivity contribution >= 4 is 28.1 Å². The molecule has 0 N–H and O–H groups in total. The standard InChI is InChI=1S/C18H16BrFN2O4/c1-21(2)17(23)25-13-7-6-11-9-22(18(24)26-15(11)8-13)10-12-4-3-5-14(19)16(12)20/h3-8H,9-10H2,1-2H3. The van der Waals surface area contributed by atoms with Gasteiger partial charge in [-0.3, -0.25) is 4.90 Å². The van der Waals surface area contributed by atoms with E-state index in [9.17, 15) is 14.0 Å². The fourth-order valence-electron chi connectivity index (χ4n) is 2.44. The second-order valence-electron chi connectivity index (χ2n) is 5.97. The smallest absolute Gasteiger partial charge is 0.410 e. The molecule has 0 atom stereocenters. The maximum Gasteiger partial charge on any atom is 0.415 e. The van der Waals surface area contributed by atoms with Gasteiger partial charge in [0.05, 0.1) is 17.6 Å². The maximum absolute atomic E-state index is 14.1. The van der Waals surface area contributed by atoms with Crippen LogP contribution in [0, 0.1) is 5.82 Å². The van der Waals surface area contributed by atoms with Crippen molar-refractivity contribution in [2.45, 2.75) is 13.1 Å². The average Bonchev–Trinajstić information content (AvgIpc) is 2.59. The van der Waals surface area contributed by atoms with Crippen molar-refractivity contribution in [3.05, 3.63) is 57.8 Å². The van der Waals surface area contributed by atoms with Gasteiger partial charge in [-0.2, -0.15) is 0 Å². The Bertz CT molecular complexity index is 872. The van der Waals surface area contributed by atoms with Gasteiger partial charge in [0.1, 0.15) is 17.3 Å². The molecule has 1 aliphatic heterocycles. The number of rotatable bonds is 3. The van der Waals surface area contributed by atoms with E-state index in [0.717, 1.165) is 5.56 Å². The number of carbonyl (C=O) groups is 2. The summed E-state index contributed by atoms with van der Waals surface area (Å²) in [7, 11) is 3.14. The Labute approximate surface area is 158 Å². The van der Waals surface area contributed by atoms with Crippen LogP contribution >= 0.6 is 15.9 Å². The van der Waals surface area contributed by atoms with Crippen LogP contribution in [0.1, 0.15) is 11.1 Å². The van der Waals surface area contributed by atoms with E-state index >= 15 is 0 Å². The molecule has 8 heteroatoms. The third-order valence-corrected chi connectivity index (χ3v) is 4.43. The minimum atomic E-state index is -0.590. The highest BCUT2D eigenvalue weighted by Crippen LogP contribution is 2.31.